The largest absolute Gasteiger partial charge is 0.496 e. The summed E-state index contributed by atoms with van der Waals surface area (Å²) in [5, 5.41) is 19.7. The Bertz CT molecular complexity index is 2070. The van der Waals surface area contributed by atoms with Gasteiger partial charge in [0, 0.05) is 41.6 Å². The van der Waals surface area contributed by atoms with Crippen LogP contribution in [0.4, 0.5) is 33.5 Å². The van der Waals surface area contributed by atoms with Crippen molar-refractivity contribution in [2.75, 3.05) is 41.1 Å². The third-order valence-corrected chi connectivity index (χ3v) is 7.83. The predicted octanol–water partition coefficient (Wildman–Crippen LogP) is 7.53. The number of carbonyl (C=O) groups excluding carboxylic acids is 1. The minimum absolute atomic E-state index is 0.0629. The summed E-state index contributed by atoms with van der Waals surface area (Å²) in [7, 11) is 1.50. The molecule has 0 radical (unpaired) electrons. The fourth-order valence-electron chi connectivity index (χ4n) is 4.99. The Hall–Kier alpha value is -5.89. The molecular weight excluding hydrogens is 648 g/mol. The summed E-state index contributed by atoms with van der Waals surface area (Å²) in [5.74, 6) is 1.10. The van der Waals surface area contributed by atoms with E-state index in [9.17, 15) is 18.9 Å². The van der Waals surface area contributed by atoms with Crippen molar-refractivity contribution >= 4 is 62.5 Å². The molecule has 2 heterocycles. The highest BCUT2D eigenvalue weighted by Crippen LogP contribution is 2.40. The summed E-state index contributed by atoms with van der Waals surface area (Å²) in [6.07, 6.45) is 4.28. The fraction of sp³-hybridized carbons (Fsp3) is 0.200. The SMILES string of the molecule is COc1cc(Nc2cc(Oc3ccc(NC(=O)Nc4cc(C(C)(C)C)cc(NS(C)=O)c4OC)c4ccccc34)ccn2)ncc1C(=O)O. The van der Waals surface area contributed by atoms with Crippen LogP contribution in [0.5, 0.6) is 23.0 Å². The summed E-state index contributed by atoms with van der Waals surface area (Å²) in [4.78, 5) is 33.3. The Morgan fingerprint density at radius 1 is 0.816 bits per heavy atom. The standard InChI is InChI=1S/C35H36N6O7S/c1-35(2,3)20-15-26(32(47-5)27(16-20)41-49(6)45)39-34(44)38-25-11-12-28(23-10-8-7-9-22(23)25)48-21-13-14-36-30(17-21)40-31-18-29(46-4)24(19-37-31)33(42)43/h7-19,41H,1-6H3,(H,42,43)(H,36,37,40)(H2,38,39,44). The van der Waals surface area contributed by atoms with Gasteiger partial charge in [0.1, 0.15) is 45.4 Å². The average Bonchev–Trinajstić information content (AvgIpc) is 3.05. The molecule has 0 aliphatic carbocycles. The number of rotatable bonds is 11. The maximum atomic E-state index is 13.4. The van der Waals surface area contributed by atoms with Gasteiger partial charge in [-0.2, -0.15) is 0 Å². The van der Waals surface area contributed by atoms with E-state index < -0.39 is 23.0 Å². The molecule has 5 rings (SSSR count). The van der Waals surface area contributed by atoms with E-state index in [0.29, 0.717) is 45.9 Å². The van der Waals surface area contributed by atoms with Crippen molar-refractivity contribution < 1.29 is 33.1 Å². The van der Waals surface area contributed by atoms with E-state index in [2.05, 4.69) is 30.6 Å². The molecule has 0 aliphatic heterocycles. The van der Waals surface area contributed by atoms with Crippen LogP contribution in [0.25, 0.3) is 10.8 Å². The minimum Gasteiger partial charge on any atom is -0.496 e. The number of nitrogens with zero attached hydrogens (tertiary/aromatic N) is 2. The Morgan fingerprint density at radius 2 is 1.51 bits per heavy atom. The second-order valence-corrected chi connectivity index (χ2v) is 12.9. The van der Waals surface area contributed by atoms with Gasteiger partial charge in [-0.15, -0.1) is 0 Å². The molecule has 1 atom stereocenters. The van der Waals surface area contributed by atoms with E-state index in [1.807, 2.05) is 57.2 Å². The van der Waals surface area contributed by atoms with Crippen molar-refractivity contribution in [1.29, 1.82) is 0 Å². The maximum absolute atomic E-state index is 13.4. The van der Waals surface area contributed by atoms with Crippen molar-refractivity contribution in [1.82, 2.24) is 9.97 Å². The molecule has 0 saturated heterocycles. The molecule has 13 nitrogen and oxygen atoms in total. The van der Waals surface area contributed by atoms with Crippen molar-refractivity contribution in [2.45, 2.75) is 26.2 Å². The first-order valence-corrected chi connectivity index (χ1v) is 16.5. The summed E-state index contributed by atoms with van der Waals surface area (Å²) in [5.41, 5.74) is 2.04. The molecule has 254 valence electrons. The molecule has 14 heteroatoms. The summed E-state index contributed by atoms with van der Waals surface area (Å²) in [6.45, 7) is 6.13. The summed E-state index contributed by atoms with van der Waals surface area (Å²) >= 11 is 0. The monoisotopic (exact) mass is 684 g/mol. The number of anilines is 5. The van der Waals surface area contributed by atoms with Gasteiger partial charge in [-0.05, 0) is 41.3 Å². The third-order valence-electron chi connectivity index (χ3n) is 7.32. The molecular formula is C35H36N6O7S. The Balaban J connectivity index is 1.38. The zero-order valence-corrected chi connectivity index (χ0v) is 28.5. The van der Waals surface area contributed by atoms with Gasteiger partial charge in [0.2, 0.25) is 0 Å². The van der Waals surface area contributed by atoms with E-state index in [1.165, 1.54) is 32.7 Å². The van der Waals surface area contributed by atoms with Crippen molar-refractivity contribution in [3.63, 3.8) is 0 Å². The third kappa shape index (κ3) is 8.16. The van der Waals surface area contributed by atoms with Crippen LogP contribution in [0.1, 0.15) is 36.7 Å². The number of carboxylic acids is 1. The van der Waals surface area contributed by atoms with Gasteiger partial charge in [-0.3, -0.25) is 0 Å². The quantitative estimate of drug-likeness (QED) is 0.0936. The van der Waals surface area contributed by atoms with Gasteiger partial charge in [-0.25, -0.2) is 23.8 Å². The molecule has 0 spiro atoms. The maximum Gasteiger partial charge on any atom is 0.341 e. The first-order chi connectivity index (χ1) is 23.4. The average molecular weight is 685 g/mol. The Morgan fingerprint density at radius 3 is 2.18 bits per heavy atom. The number of hydrogen-bond donors (Lipinski definition) is 5. The lowest BCUT2D eigenvalue weighted by Crippen LogP contribution is -2.21. The molecule has 3 aromatic carbocycles. The second-order valence-electron chi connectivity index (χ2n) is 11.8. The van der Waals surface area contributed by atoms with Crippen LogP contribution in [0, 0.1) is 0 Å². The number of hydrogen-bond acceptors (Lipinski definition) is 9. The number of urea groups is 1. The van der Waals surface area contributed by atoms with Gasteiger partial charge in [-0.1, -0.05) is 45.0 Å². The molecule has 0 aliphatic rings. The Kier molecular flexibility index (Phi) is 10.2. The molecule has 0 bridgehead atoms. The highest BCUT2D eigenvalue weighted by molar-refractivity contribution is 7.85. The number of pyridine rings is 2. The number of nitrogens with one attached hydrogen (secondary N) is 4. The summed E-state index contributed by atoms with van der Waals surface area (Å²) < 4.78 is 32.0. The van der Waals surface area contributed by atoms with Crippen molar-refractivity contribution in [2.24, 2.45) is 0 Å². The molecule has 2 aromatic heterocycles. The lowest BCUT2D eigenvalue weighted by molar-refractivity contribution is 0.0693. The lowest BCUT2D eigenvalue weighted by Gasteiger charge is -2.24. The smallest absolute Gasteiger partial charge is 0.341 e. The van der Waals surface area contributed by atoms with Crippen LogP contribution >= 0.6 is 0 Å². The molecule has 0 saturated carbocycles. The number of aromatic carboxylic acids is 1. The molecule has 5 aromatic rings. The number of aromatic nitrogens is 2. The second kappa shape index (κ2) is 14.5. The van der Waals surface area contributed by atoms with Crippen LogP contribution in [0.15, 0.2) is 79.1 Å². The highest BCUT2D eigenvalue weighted by atomic mass is 32.2. The normalized spacial score (nSPS) is 11.7. The molecule has 49 heavy (non-hydrogen) atoms. The first-order valence-electron chi connectivity index (χ1n) is 15.0. The predicted molar refractivity (Wildman–Crippen MR) is 191 cm³/mol. The van der Waals surface area contributed by atoms with Gasteiger partial charge in [0.05, 0.1) is 31.3 Å². The Labute approximate surface area is 285 Å². The molecule has 1 unspecified atom stereocenters. The fourth-order valence-corrected chi connectivity index (χ4v) is 5.45. The van der Waals surface area contributed by atoms with E-state index >= 15 is 0 Å². The number of amides is 2. The van der Waals surface area contributed by atoms with E-state index in [1.54, 1.807) is 30.5 Å². The van der Waals surface area contributed by atoms with Crippen LogP contribution in [-0.4, -0.2) is 51.8 Å². The van der Waals surface area contributed by atoms with E-state index in [4.69, 9.17) is 14.2 Å². The van der Waals surface area contributed by atoms with Crippen LogP contribution < -0.4 is 34.9 Å². The van der Waals surface area contributed by atoms with Gasteiger partial charge < -0.3 is 40.0 Å². The van der Waals surface area contributed by atoms with Crippen molar-refractivity contribution in [3.05, 3.63) is 90.3 Å². The number of ether oxygens (including phenoxy) is 3. The van der Waals surface area contributed by atoms with E-state index in [-0.39, 0.29) is 16.7 Å². The topological polar surface area (TPSA) is 173 Å². The summed E-state index contributed by atoms with van der Waals surface area (Å²) in [6, 6.07) is 19.0. The van der Waals surface area contributed by atoms with Gasteiger partial charge in [0.15, 0.2) is 5.75 Å². The van der Waals surface area contributed by atoms with Crippen molar-refractivity contribution in [3.8, 4) is 23.0 Å². The number of methoxy groups -OCH3 is 2. The highest BCUT2D eigenvalue weighted by Gasteiger charge is 2.22. The van der Waals surface area contributed by atoms with E-state index in [0.717, 1.165) is 16.3 Å². The first kappa shape index (κ1) is 34.4. The molecule has 2 amide bonds. The zero-order valence-electron chi connectivity index (χ0n) is 27.7. The number of carbonyl (C=O) groups is 2. The molecule has 0 fully saturated rings. The number of benzene rings is 3. The van der Waals surface area contributed by atoms with Crippen LogP contribution in [0.3, 0.4) is 0 Å². The van der Waals surface area contributed by atoms with Crippen LogP contribution in [-0.2, 0) is 16.4 Å². The lowest BCUT2D eigenvalue weighted by atomic mass is 9.86. The zero-order chi connectivity index (χ0) is 35.3. The number of carboxylic acid groups (broad SMARTS) is 1. The van der Waals surface area contributed by atoms with Gasteiger partial charge in [0.25, 0.3) is 0 Å². The number of fused-ring (bicyclic) bond motifs is 1. The minimum atomic E-state index is -1.37. The van der Waals surface area contributed by atoms with Crippen LogP contribution in [0.2, 0.25) is 0 Å². The molecule has 5 N–H and O–H groups in total. The van der Waals surface area contributed by atoms with Gasteiger partial charge >= 0.3 is 12.0 Å².